The lowest BCUT2D eigenvalue weighted by Gasteiger charge is -2.41. The van der Waals surface area contributed by atoms with Gasteiger partial charge in [-0.05, 0) is 38.0 Å². The van der Waals surface area contributed by atoms with Crippen LogP contribution in [0.2, 0.25) is 0 Å². The molecule has 0 aromatic carbocycles. The minimum absolute atomic E-state index is 0.0811. The third-order valence-corrected chi connectivity index (χ3v) is 13.1. The van der Waals surface area contributed by atoms with E-state index in [-0.39, 0.29) is 53.8 Å². The van der Waals surface area contributed by atoms with Crippen LogP contribution in [0, 0.1) is 35.5 Å². The molecule has 10 N–H and O–H groups in total. The summed E-state index contributed by atoms with van der Waals surface area (Å²) in [5.74, 6) is -7.72. The van der Waals surface area contributed by atoms with Gasteiger partial charge in [-0.15, -0.1) is 0 Å². The monoisotopic (exact) mass is 946 g/mol. The van der Waals surface area contributed by atoms with Crippen molar-refractivity contribution < 1.29 is 113 Å². The van der Waals surface area contributed by atoms with E-state index in [1.54, 1.807) is 20.8 Å². The topological polar surface area (TPSA) is 354 Å². The largest absolute Gasteiger partial charge is 0.478 e. The SMILES string of the molecule is CC=C1[C@H](O[C@@H]2O[C@H](CO)[C@@H](O)[C@H](O)[C@H]2O)OC=C(C(=O)OC)[C@H]1CC(=O)OC[C@H]1[C@@H](C)[C@@H](OC(=O)C[C@H]2C(C(=O)O)=CO[C@@H](O[C@@H]3O[C@H](CO)[C@@H](O)[C@H](O)[C@H]3O)C2=CC)C[C@H]1[C@H](C)CO. The molecule has 0 radical (unpaired) electrons. The molecule has 0 spiro atoms. The highest BCUT2D eigenvalue weighted by atomic mass is 16.8. The van der Waals surface area contributed by atoms with E-state index in [0.29, 0.717) is 0 Å². The van der Waals surface area contributed by atoms with Crippen LogP contribution in [0.25, 0.3) is 0 Å². The Bertz CT molecular complexity index is 1830. The van der Waals surface area contributed by atoms with Crippen molar-refractivity contribution in [2.24, 2.45) is 35.5 Å². The molecule has 1 aliphatic carbocycles. The van der Waals surface area contributed by atoms with E-state index in [4.69, 9.17) is 42.6 Å². The number of allylic oxidation sites excluding steroid dienone is 2. The second-order valence-corrected chi connectivity index (χ2v) is 16.9. The molecule has 0 unspecified atom stereocenters. The van der Waals surface area contributed by atoms with E-state index in [2.05, 4.69) is 0 Å². The third-order valence-electron chi connectivity index (χ3n) is 13.1. The van der Waals surface area contributed by atoms with Crippen LogP contribution in [0.3, 0.4) is 0 Å². The summed E-state index contributed by atoms with van der Waals surface area (Å²) in [4.78, 5) is 52.6. The average molecular weight is 947 g/mol. The molecule has 23 heteroatoms. The highest BCUT2D eigenvalue weighted by Gasteiger charge is 2.50. The van der Waals surface area contributed by atoms with E-state index >= 15 is 0 Å². The number of esters is 3. The predicted molar refractivity (Wildman–Crippen MR) is 217 cm³/mol. The maximum atomic E-state index is 13.7. The molecule has 0 aromatic heterocycles. The van der Waals surface area contributed by atoms with Crippen molar-refractivity contribution in [1.82, 2.24) is 0 Å². The highest BCUT2D eigenvalue weighted by Crippen LogP contribution is 2.44. The zero-order valence-electron chi connectivity index (χ0n) is 37.0. The lowest BCUT2D eigenvalue weighted by Crippen LogP contribution is -2.60. The Morgan fingerprint density at radius 2 is 1.23 bits per heavy atom. The summed E-state index contributed by atoms with van der Waals surface area (Å²) in [5, 5.41) is 101. The molecule has 5 aliphatic rings. The quantitative estimate of drug-likeness (QED) is 0.0413. The Morgan fingerprint density at radius 1 is 0.742 bits per heavy atom. The van der Waals surface area contributed by atoms with Gasteiger partial charge in [-0.3, -0.25) is 9.59 Å². The maximum absolute atomic E-state index is 13.7. The number of ether oxygens (including phenoxy) is 9. The fourth-order valence-corrected chi connectivity index (χ4v) is 9.08. The molecule has 4 aliphatic heterocycles. The van der Waals surface area contributed by atoms with Crippen LogP contribution in [0.15, 0.2) is 47.0 Å². The van der Waals surface area contributed by atoms with E-state index in [0.717, 1.165) is 19.6 Å². The number of carbonyl (C=O) groups is 4. The summed E-state index contributed by atoms with van der Waals surface area (Å²) < 4.78 is 50.3. The molecule has 23 nitrogen and oxygen atoms in total. The number of aliphatic hydroxyl groups excluding tert-OH is 9. The fourth-order valence-electron chi connectivity index (χ4n) is 9.08. The predicted octanol–water partition coefficient (Wildman–Crippen LogP) is -2.38. The second-order valence-electron chi connectivity index (χ2n) is 16.9. The normalized spacial score (nSPS) is 39.8. The van der Waals surface area contributed by atoms with Crippen molar-refractivity contribution in [3.05, 3.63) is 47.0 Å². The number of aliphatic carboxylic acids is 1. The van der Waals surface area contributed by atoms with E-state index < -0.39 is 154 Å². The van der Waals surface area contributed by atoms with Gasteiger partial charge in [0, 0.05) is 35.5 Å². The molecule has 5 rings (SSSR count). The van der Waals surface area contributed by atoms with E-state index in [9.17, 15) is 70.2 Å². The fraction of sp³-hybridized carbons (Fsp3) is 0.721. The zero-order chi connectivity index (χ0) is 48.7. The number of hydrogen-bond donors (Lipinski definition) is 10. The van der Waals surface area contributed by atoms with Gasteiger partial charge in [0.25, 0.3) is 0 Å². The number of hydrogen-bond acceptors (Lipinski definition) is 22. The lowest BCUT2D eigenvalue weighted by atomic mass is 9.83. The first-order valence-corrected chi connectivity index (χ1v) is 21.6. The number of rotatable bonds is 17. The molecular weight excluding hydrogens is 884 g/mol. The molecule has 19 atom stereocenters. The molecule has 0 bridgehead atoms. The van der Waals surface area contributed by atoms with E-state index in [1.165, 1.54) is 19.1 Å². The Kier molecular flexibility index (Phi) is 18.7. The third kappa shape index (κ3) is 11.4. The van der Waals surface area contributed by atoms with E-state index in [1.807, 2.05) is 0 Å². The van der Waals surface area contributed by atoms with Gasteiger partial charge in [-0.2, -0.15) is 0 Å². The average Bonchev–Trinajstić information content (AvgIpc) is 3.61. The summed E-state index contributed by atoms with van der Waals surface area (Å²) in [6.07, 6.45) is -15.8. The molecule has 0 amide bonds. The number of methoxy groups -OCH3 is 1. The summed E-state index contributed by atoms with van der Waals surface area (Å²) in [6, 6.07) is 0. The van der Waals surface area contributed by atoms with Crippen LogP contribution in [0.5, 0.6) is 0 Å². The molecule has 1 saturated carbocycles. The number of carbonyl (C=O) groups excluding carboxylic acids is 3. The summed E-state index contributed by atoms with van der Waals surface area (Å²) in [7, 11) is 1.13. The zero-order valence-corrected chi connectivity index (χ0v) is 37.0. The summed E-state index contributed by atoms with van der Waals surface area (Å²) in [6.45, 7) is 4.74. The van der Waals surface area contributed by atoms with Crippen LogP contribution in [-0.4, -0.2) is 189 Å². The van der Waals surface area contributed by atoms with Crippen LogP contribution in [0.4, 0.5) is 0 Å². The first-order valence-electron chi connectivity index (χ1n) is 21.6. The van der Waals surface area contributed by atoms with Crippen LogP contribution < -0.4 is 0 Å². The molecule has 372 valence electrons. The number of carboxylic acids is 1. The van der Waals surface area contributed by atoms with Gasteiger partial charge < -0.3 is 93.7 Å². The minimum Gasteiger partial charge on any atom is -0.478 e. The van der Waals surface area contributed by atoms with Crippen LogP contribution in [0.1, 0.15) is 47.0 Å². The highest BCUT2D eigenvalue weighted by molar-refractivity contribution is 5.91. The molecule has 66 heavy (non-hydrogen) atoms. The summed E-state index contributed by atoms with van der Waals surface area (Å²) >= 11 is 0. The molecule has 3 fully saturated rings. The Morgan fingerprint density at radius 3 is 1.68 bits per heavy atom. The van der Waals surface area contributed by atoms with Crippen molar-refractivity contribution in [2.45, 2.75) is 127 Å². The molecular formula is C43H62O23. The lowest BCUT2D eigenvalue weighted by molar-refractivity contribution is -0.327. The van der Waals surface area contributed by atoms with Gasteiger partial charge in [0.1, 0.15) is 54.9 Å². The van der Waals surface area contributed by atoms with Gasteiger partial charge in [0.15, 0.2) is 12.6 Å². The van der Waals surface area contributed by atoms with Crippen LogP contribution in [-0.2, 0) is 61.8 Å². The molecule has 4 heterocycles. The Balaban J connectivity index is 1.26. The first kappa shape index (κ1) is 52.9. The van der Waals surface area contributed by atoms with Gasteiger partial charge in [0.2, 0.25) is 12.6 Å². The second kappa shape index (κ2) is 23.3. The Labute approximate surface area is 379 Å². The molecule has 2 saturated heterocycles. The Hall–Kier alpha value is -4.08. The van der Waals surface area contributed by atoms with Crippen molar-refractivity contribution in [1.29, 1.82) is 0 Å². The maximum Gasteiger partial charge on any atom is 0.337 e. The van der Waals surface area contributed by atoms with Crippen molar-refractivity contribution in [3.63, 3.8) is 0 Å². The van der Waals surface area contributed by atoms with Gasteiger partial charge in [0.05, 0.1) is 63.4 Å². The number of carboxylic acid groups (broad SMARTS) is 1. The van der Waals surface area contributed by atoms with Crippen molar-refractivity contribution in [3.8, 4) is 0 Å². The number of aliphatic hydroxyl groups is 9. The molecule has 0 aromatic rings. The van der Waals surface area contributed by atoms with Crippen LogP contribution >= 0.6 is 0 Å². The van der Waals surface area contributed by atoms with Crippen molar-refractivity contribution >= 4 is 23.9 Å². The minimum atomic E-state index is -1.80. The van der Waals surface area contributed by atoms with Gasteiger partial charge in [-0.25, -0.2) is 9.59 Å². The van der Waals surface area contributed by atoms with Gasteiger partial charge in [-0.1, -0.05) is 26.0 Å². The summed E-state index contributed by atoms with van der Waals surface area (Å²) in [5.41, 5.74) is -0.0738. The van der Waals surface area contributed by atoms with Crippen molar-refractivity contribution in [2.75, 3.05) is 33.5 Å². The standard InChI is InChI=1S/C43H62O23/c1-6-19-22(25(38(55)56)15-60-40(19)65-42-36(53)34(51)32(49)28(12-45)63-42)10-31(48)62-27-8-21(17(3)11-44)24(18(27)4)14-59-30(47)9-23-20(7-2)41(61-16-26(23)39(57)58-5)66-43-37(54)35(52)33(50)29(13-46)64-43/h6-7,15-18,21-24,27-29,32-37,40-46,49-54H,8-14H2,1-5H3,(H,55,56)/t17-,18-,21+,22-,23+,24+,27+,28-,29-,32-,33-,34+,35+,36-,37-,40+,41+,42+,43+/m1/s1. The first-order chi connectivity index (χ1) is 31.3. The smallest absolute Gasteiger partial charge is 0.337 e. The van der Waals surface area contributed by atoms with Gasteiger partial charge >= 0.3 is 23.9 Å².